The summed E-state index contributed by atoms with van der Waals surface area (Å²) in [6, 6.07) is 16.3. The lowest BCUT2D eigenvalue weighted by atomic mass is 9.74. The van der Waals surface area contributed by atoms with E-state index < -0.39 is 22.9 Å². The molecule has 0 aromatic heterocycles. The number of fused-ring (bicyclic) bond motifs is 3. The highest BCUT2D eigenvalue weighted by atomic mass is 16.5. The second-order valence-corrected chi connectivity index (χ2v) is 10.3. The quantitative estimate of drug-likeness (QED) is 0.522. The van der Waals surface area contributed by atoms with E-state index in [0.717, 1.165) is 30.4 Å². The number of nitrogens with one attached hydrogen (secondary N) is 2. The van der Waals surface area contributed by atoms with Gasteiger partial charge in [-0.05, 0) is 47.9 Å². The Morgan fingerprint density at radius 1 is 0.800 bits per heavy atom. The van der Waals surface area contributed by atoms with Gasteiger partial charge in [0.15, 0.2) is 0 Å². The summed E-state index contributed by atoms with van der Waals surface area (Å²) in [4.78, 5) is 37.3. The van der Waals surface area contributed by atoms with Crippen LogP contribution in [-0.4, -0.2) is 42.8 Å². The van der Waals surface area contributed by atoms with Crippen LogP contribution in [0.5, 0.6) is 0 Å². The van der Waals surface area contributed by atoms with Gasteiger partial charge in [0.05, 0.1) is 10.8 Å². The first-order chi connectivity index (χ1) is 16.9. The monoisotopic (exact) mass is 476 g/mol. The number of benzene rings is 2. The number of rotatable bonds is 8. The number of carbonyl (C=O) groups excluding carboxylic acids is 2. The Labute approximate surface area is 205 Å². The molecular formula is C28H32N2O5. The maximum Gasteiger partial charge on any atom is 0.407 e. The summed E-state index contributed by atoms with van der Waals surface area (Å²) in [5, 5.41) is 15.4. The van der Waals surface area contributed by atoms with Gasteiger partial charge in [0.2, 0.25) is 5.91 Å². The summed E-state index contributed by atoms with van der Waals surface area (Å²) in [6.07, 6.45) is 4.76. The van der Waals surface area contributed by atoms with Gasteiger partial charge >= 0.3 is 12.1 Å². The molecule has 3 N–H and O–H groups in total. The SMILES string of the molecule is O=C(NCC1(C(=O)NCC2(C(=O)O)CCCCC2)CC1)OCC1c2ccccc2-c2ccccc21. The van der Waals surface area contributed by atoms with E-state index in [0.29, 0.717) is 25.7 Å². The van der Waals surface area contributed by atoms with Crippen molar-refractivity contribution in [2.24, 2.45) is 10.8 Å². The van der Waals surface area contributed by atoms with Crippen molar-refractivity contribution in [3.63, 3.8) is 0 Å². The first-order valence-electron chi connectivity index (χ1n) is 12.5. The Hall–Kier alpha value is -3.35. The van der Waals surface area contributed by atoms with E-state index in [-0.39, 0.29) is 31.5 Å². The largest absolute Gasteiger partial charge is 0.481 e. The Kier molecular flexibility index (Phi) is 6.26. The average Bonchev–Trinajstić information content (AvgIpc) is 3.62. The second-order valence-electron chi connectivity index (χ2n) is 10.3. The molecular weight excluding hydrogens is 444 g/mol. The van der Waals surface area contributed by atoms with Gasteiger partial charge in [0.1, 0.15) is 6.61 Å². The molecule has 0 atom stereocenters. The van der Waals surface area contributed by atoms with Crippen LogP contribution in [0.25, 0.3) is 11.1 Å². The van der Waals surface area contributed by atoms with Gasteiger partial charge in [-0.25, -0.2) is 4.79 Å². The standard InChI is InChI=1S/C28H32N2O5/c31-24(29-18-28(25(32)33)12-6-1-7-13-28)27(14-15-27)17-30-26(34)35-16-23-21-10-4-2-8-19(21)20-9-3-5-11-22(20)23/h2-5,8-11,23H,1,6-7,12-18H2,(H,29,31)(H,30,34)(H,32,33). The molecule has 7 nitrogen and oxygen atoms in total. The molecule has 184 valence electrons. The Bertz CT molecular complexity index is 1090. The molecule has 0 bridgehead atoms. The van der Waals surface area contributed by atoms with Gasteiger partial charge in [0.25, 0.3) is 0 Å². The molecule has 0 spiro atoms. The first kappa shape index (κ1) is 23.4. The molecule has 35 heavy (non-hydrogen) atoms. The third kappa shape index (κ3) is 4.51. The Morgan fingerprint density at radius 3 is 1.94 bits per heavy atom. The van der Waals surface area contributed by atoms with Crippen molar-refractivity contribution in [3.8, 4) is 11.1 Å². The molecule has 2 aromatic carbocycles. The Morgan fingerprint density at radius 2 is 1.37 bits per heavy atom. The lowest BCUT2D eigenvalue weighted by molar-refractivity contribution is -0.151. The van der Waals surface area contributed by atoms with Crippen molar-refractivity contribution in [3.05, 3.63) is 59.7 Å². The number of ether oxygens (including phenoxy) is 1. The van der Waals surface area contributed by atoms with E-state index in [9.17, 15) is 19.5 Å². The summed E-state index contributed by atoms with van der Waals surface area (Å²) in [7, 11) is 0. The number of aliphatic carboxylic acids is 1. The molecule has 2 amide bonds. The molecule has 2 fully saturated rings. The van der Waals surface area contributed by atoms with E-state index in [1.807, 2.05) is 24.3 Å². The van der Waals surface area contributed by atoms with Gasteiger partial charge in [-0.15, -0.1) is 0 Å². The van der Waals surface area contributed by atoms with E-state index >= 15 is 0 Å². The summed E-state index contributed by atoms with van der Waals surface area (Å²) >= 11 is 0. The molecule has 0 unspecified atom stereocenters. The third-order valence-electron chi connectivity index (χ3n) is 8.10. The number of carboxylic acid groups (broad SMARTS) is 1. The minimum absolute atomic E-state index is 0.0194. The van der Waals surface area contributed by atoms with E-state index in [1.54, 1.807) is 0 Å². The molecule has 2 aromatic rings. The molecule has 0 radical (unpaired) electrons. The molecule has 0 heterocycles. The Balaban J connectivity index is 1.14. The van der Waals surface area contributed by atoms with Gasteiger partial charge < -0.3 is 20.5 Å². The van der Waals surface area contributed by atoms with Crippen molar-refractivity contribution in [1.29, 1.82) is 0 Å². The van der Waals surface area contributed by atoms with Gasteiger partial charge in [0, 0.05) is 19.0 Å². The molecule has 7 heteroatoms. The minimum atomic E-state index is -0.871. The fraction of sp³-hybridized carbons (Fsp3) is 0.464. The highest BCUT2D eigenvalue weighted by Crippen LogP contribution is 2.46. The van der Waals surface area contributed by atoms with Crippen molar-refractivity contribution in [2.75, 3.05) is 19.7 Å². The van der Waals surface area contributed by atoms with Crippen molar-refractivity contribution in [1.82, 2.24) is 10.6 Å². The maximum atomic E-state index is 12.9. The van der Waals surface area contributed by atoms with Crippen LogP contribution < -0.4 is 10.6 Å². The molecule has 0 aliphatic heterocycles. The van der Waals surface area contributed by atoms with Crippen LogP contribution in [0, 0.1) is 10.8 Å². The minimum Gasteiger partial charge on any atom is -0.481 e. The van der Waals surface area contributed by atoms with Gasteiger partial charge in [-0.3, -0.25) is 9.59 Å². The highest BCUT2D eigenvalue weighted by Gasteiger charge is 2.51. The van der Waals surface area contributed by atoms with Gasteiger partial charge in [-0.2, -0.15) is 0 Å². The van der Waals surface area contributed by atoms with E-state index in [1.165, 1.54) is 11.1 Å². The van der Waals surface area contributed by atoms with Gasteiger partial charge in [-0.1, -0.05) is 67.8 Å². The van der Waals surface area contributed by atoms with Crippen LogP contribution >= 0.6 is 0 Å². The van der Waals surface area contributed by atoms with Crippen LogP contribution in [0.4, 0.5) is 4.79 Å². The fourth-order valence-corrected chi connectivity index (χ4v) is 5.66. The first-order valence-corrected chi connectivity index (χ1v) is 12.5. The van der Waals surface area contributed by atoms with Crippen molar-refractivity contribution in [2.45, 2.75) is 50.9 Å². The third-order valence-corrected chi connectivity index (χ3v) is 8.10. The van der Waals surface area contributed by atoms with Crippen LogP contribution in [0.3, 0.4) is 0 Å². The molecule has 3 aliphatic carbocycles. The summed E-state index contributed by atoms with van der Waals surface area (Å²) in [5.41, 5.74) is 3.10. The highest BCUT2D eigenvalue weighted by molar-refractivity contribution is 5.87. The number of carbonyl (C=O) groups is 3. The maximum absolute atomic E-state index is 12.9. The van der Waals surface area contributed by atoms with Crippen LogP contribution in [0.2, 0.25) is 0 Å². The van der Waals surface area contributed by atoms with E-state index in [2.05, 4.69) is 34.9 Å². The normalized spacial score (nSPS) is 19.2. The number of alkyl carbamates (subject to hydrolysis) is 1. The van der Waals surface area contributed by atoms with Crippen LogP contribution in [0.1, 0.15) is 62.0 Å². The molecule has 0 saturated heterocycles. The number of carboxylic acids is 1. The smallest absolute Gasteiger partial charge is 0.407 e. The van der Waals surface area contributed by atoms with E-state index in [4.69, 9.17) is 4.74 Å². The lowest BCUT2D eigenvalue weighted by Gasteiger charge is -2.33. The summed E-state index contributed by atoms with van der Waals surface area (Å²) in [5.74, 6) is -1.03. The van der Waals surface area contributed by atoms with Crippen molar-refractivity contribution < 1.29 is 24.2 Å². The molecule has 3 aliphatic rings. The zero-order chi connectivity index (χ0) is 24.5. The lowest BCUT2D eigenvalue weighted by Crippen LogP contribution is -2.48. The van der Waals surface area contributed by atoms with Crippen LogP contribution in [-0.2, 0) is 14.3 Å². The summed E-state index contributed by atoms with van der Waals surface area (Å²) < 4.78 is 5.59. The molecule has 5 rings (SSSR count). The number of amides is 2. The fourth-order valence-electron chi connectivity index (χ4n) is 5.66. The zero-order valence-corrected chi connectivity index (χ0v) is 19.8. The molecule has 2 saturated carbocycles. The summed E-state index contributed by atoms with van der Waals surface area (Å²) in [6.45, 7) is 0.559. The average molecular weight is 477 g/mol. The number of hydrogen-bond acceptors (Lipinski definition) is 4. The predicted molar refractivity (Wildman–Crippen MR) is 131 cm³/mol. The topological polar surface area (TPSA) is 105 Å². The predicted octanol–water partition coefficient (Wildman–Crippen LogP) is 4.46. The second kappa shape index (κ2) is 9.36. The van der Waals surface area contributed by atoms with Crippen LogP contribution in [0.15, 0.2) is 48.5 Å². The zero-order valence-electron chi connectivity index (χ0n) is 19.8. The number of hydrogen-bond donors (Lipinski definition) is 3. The van der Waals surface area contributed by atoms with Crippen molar-refractivity contribution >= 4 is 18.0 Å².